The van der Waals surface area contributed by atoms with Crippen LogP contribution in [-0.2, 0) is 16.0 Å². The van der Waals surface area contributed by atoms with Crippen LogP contribution in [0.2, 0.25) is 0 Å². The van der Waals surface area contributed by atoms with Gasteiger partial charge in [0.2, 0.25) is 0 Å². The van der Waals surface area contributed by atoms with Gasteiger partial charge in [-0.15, -0.1) is 0 Å². The minimum absolute atomic E-state index is 0.267. The second kappa shape index (κ2) is 15.8. The minimum Gasteiger partial charge on any atom is -0.462 e. The summed E-state index contributed by atoms with van der Waals surface area (Å²) in [6, 6.07) is 3.83. The van der Waals surface area contributed by atoms with E-state index in [9.17, 15) is 9.59 Å². The number of carbonyl (C=O) groups excluding carboxylic acids is 2. The van der Waals surface area contributed by atoms with Gasteiger partial charge in [-0.2, -0.15) is 0 Å². The summed E-state index contributed by atoms with van der Waals surface area (Å²) < 4.78 is 11.0. The molecule has 1 aromatic rings. The van der Waals surface area contributed by atoms with E-state index in [4.69, 9.17) is 15.2 Å². The van der Waals surface area contributed by atoms with Crippen LogP contribution in [0, 0.1) is 0 Å². The van der Waals surface area contributed by atoms with Crippen LogP contribution >= 0.6 is 0 Å². The Bertz CT molecular complexity index is 759. The number of hydrogen-bond acceptors (Lipinski definition) is 6. The largest absolute Gasteiger partial charge is 0.462 e. The van der Waals surface area contributed by atoms with Crippen LogP contribution in [0.5, 0.6) is 0 Å². The molecule has 2 N–H and O–H groups in total. The molecule has 6 nitrogen and oxygen atoms in total. The molecule has 0 atom stereocenters. The van der Waals surface area contributed by atoms with Crippen molar-refractivity contribution in [3.63, 3.8) is 0 Å². The van der Waals surface area contributed by atoms with E-state index >= 15 is 0 Å². The number of ether oxygens (including phenoxy) is 2. The second-order valence-corrected chi connectivity index (χ2v) is 9.70. The van der Waals surface area contributed by atoms with Gasteiger partial charge in [-0.05, 0) is 50.4 Å². The summed E-state index contributed by atoms with van der Waals surface area (Å²) in [5.41, 5.74) is 8.28. The predicted molar refractivity (Wildman–Crippen MR) is 138 cm³/mol. The number of anilines is 1. The minimum atomic E-state index is -0.465. The second-order valence-electron chi connectivity index (χ2n) is 9.70. The van der Waals surface area contributed by atoms with Crippen molar-refractivity contribution in [3.8, 4) is 0 Å². The summed E-state index contributed by atoms with van der Waals surface area (Å²) in [7, 11) is 2.10. The highest BCUT2D eigenvalue weighted by molar-refractivity contribution is 6.00. The maximum atomic E-state index is 12.9. The van der Waals surface area contributed by atoms with E-state index in [2.05, 4.69) is 25.8 Å². The third-order valence-electron chi connectivity index (χ3n) is 6.80. The molecule has 0 radical (unpaired) electrons. The number of carbonyl (C=O) groups is 2. The lowest BCUT2D eigenvalue weighted by Gasteiger charge is -2.31. The third kappa shape index (κ3) is 9.28. The highest BCUT2D eigenvalue weighted by Crippen LogP contribution is 2.27. The fourth-order valence-electron chi connectivity index (χ4n) is 4.60. The molecular weight excluding hydrogens is 428 g/mol. The Morgan fingerprint density at radius 1 is 0.882 bits per heavy atom. The molecule has 1 fully saturated rings. The third-order valence-corrected chi connectivity index (χ3v) is 6.80. The molecule has 0 bridgehead atoms. The van der Waals surface area contributed by atoms with Gasteiger partial charge in [-0.1, -0.05) is 71.6 Å². The van der Waals surface area contributed by atoms with E-state index < -0.39 is 11.9 Å². The Morgan fingerprint density at radius 2 is 1.47 bits per heavy atom. The SMILES string of the molecule is CCCCCCOC(=O)c1cc(CN(C)C2CCCCC2)c(N)c(C(=O)OCCCCCC)c1. The zero-order valence-corrected chi connectivity index (χ0v) is 21.7. The Kier molecular flexibility index (Phi) is 13.0. The molecule has 1 saturated carbocycles. The highest BCUT2D eigenvalue weighted by Gasteiger charge is 2.23. The first-order chi connectivity index (χ1) is 16.5. The Labute approximate surface area is 206 Å². The summed E-state index contributed by atoms with van der Waals surface area (Å²) in [6.07, 6.45) is 14.4. The number of esters is 2. The van der Waals surface area contributed by atoms with Gasteiger partial charge in [0.15, 0.2) is 0 Å². The molecule has 34 heavy (non-hydrogen) atoms. The van der Waals surface area contributed by atoms with Crippen molar-refractivity contribution in [2.45, 2.75) is 110 Å². The van der Waals surface area contributed by atoms with Gasteiger partial charge in [-0.25, -0.2) is 9.59 Å². The van der Waals surface area contributed by atoms with Crippen molar-refractivity contribution in [3.05, 3.63) is 28.8 Å². The zero-order valence-electron chi connectivity index (χ0n) is 21.7. The van der Waals surface area contributed by atoms with E-state index in [-0.39, 0.29) is 5.56 Å². The van der Waals surface area contributed by atoms with Crippen molar-refractivity contribution in [2.75, 3.05) is 26.0 Å². The lowest BCUT2D eigenvalue weighted by atomic mass is 9.94. The van der Waals surface area contributed by atoms with Gasteiger partial charge in [0.25, 0.3) is 0 Å². The first-order valence-electron chi connectivity index (χ1n) is 13.4. The number of nitrogens with zero attached hydrogens (tertiary/aromatic N) is 1. The molecule has 192 valence electrons. The Hall–Kier alpha value is -2.08. The summed E-state index contributed by atoms with van der Waals surface area (Å²) in [4.78, 5) is 28.0. The zero-order chi connectivity index (χ0) is 24.8. The van der Waals surface area contributed by atoms with Crippen molar-refractivity contribution in [1.29, 1.82) is 0 Å². The average molecular weight is 475 g/mol. The van der Waals surface area contributed by atoms with Gasteiger partial charge >= 0.3 is 11.9 Å². The van der Waals surface area contributed by atoms with E-state index in [0.717, 1.165) is 56.9 Å². The fourth-order valence-corrected chi connectivity index (χ4v) is 4.60. The summed E-state index contributed by atoms with van der Waals surface area (Å²) in [5.74, 6) is -0.872. The molecule has 0 heterocycles. The van der Waals surface area contributed by atoms with Crippen LogP contribution in [0.15, 0.2) is 12.1 Å². The number of nitrogens with two attached hydrogens (primary N) is 1. The monoisotopic (exact) mass is 474 g/mol. The number of hydrogen-bond donors (Lipinski definition) is 1. The molecule has 1 aliphatic carbocycles. The Morgan fingerprint density at radius 3 is 2.06 bits per heavy atom. The van der Waals surface area contributed by atoms with Crippen LogP contribution in [0.25, 0.3) is 0 Å². The molecule has 1 aromatic carbocycles. The topological polar surface area (TPSA) is 81.9 Å². The molecule has 0 aliphatic heterocycles. The number of benzene rings is 1. The predicted octanol–water partition coefficient (Wildman–Crippen LogP) is 6.51. The molecule has 0 spiro atoms. The first-order valence-corrected chi connectivity index (χ1v) is 13.4. The van der Waals surface area contributed by atoms with Crippen LogP contribution in [0.3, 0.4) is 0 Å². The van der Waals surface area contributed by atoms with Gasteiger partial charge in [0, 0.05) is 12.6 Å². The van der Waals surface area contributed by atoms with Crippen LogP contribution in [0.4, 0.5) is 5.69 Å². The van der Waals surface area contributed by atoms with E-state index in [1.165, 1.54) is 32.1 Å². The van der Waals surface area contributed by atoms with Crippen LogP contribution < -0.4 is 5.73 Å². The first kappa shape index (κ1) is 28.2. The molecule has 6 heteroatoms. The number of nitrogen functional groups attached to an aromatic ring is 1. The molecule has 0 aromatic heterocycles. The normalized spacial score (nSPS) is 14.4. The fraction of sp³-hybridized carbons (Fsp3) is 0.714. The summed E-state index contributed by atoms with van der Waals surface area (Å²) in [6.45, 7) is 5.63. The molecule has 2 rings (SSSR count). The molecule has 1 aliphatic rings. The van der Waals surface area contributed by atoms with Gasteiger partial charge in [0.1, 0.15) is 0 Å². The summed E-state index contributed by atoms with van der Waals surface area (Å²) in [5, 5.41) is 0. The van der Waals surface area contributed by atoms with Crippen molar-refractivity contribution in [1.82, 2.24) is 4.90 Å². The maximum absolute atomic E-state index is 12.9. The van der Waals surface area contributed by atoms with Gasteiger partial charge in [-0.3, -0.25) is 4.90 Å². The van der Waals surface area contributed by atoms with Crippen molar-refractivity contribution in [2.24, 2.45) is 0 Å². The van der Waals surface area contributed by atoms with E-state index in [0.29, 0.717) is 37.1 Å². The van der Waals surface area contributed by atoms with Crippen LogP contribution in [0.1, 0.15) is 124 Å². The van der Waals surface area contributed by atoms with Gasteiger partial charge in [0.05, 0.1) is 30.0 Å². The molecular formula is C28H46N2O4. The standard InChI is InChI=1S/C28H46N2O4/c1-4-6-8-13-17-33-27(31)22-19-23(21-30(3)24-15-11-10-12-16-24)26(29)25(20-22)28(32)34-18-14-9-7-5-2/h19-20,24H,4-18,21,29H2,1-3H3. The molecule has 0 unspecified atom stereocenters. The average Bonchev–Trinajstić information content (AvgIpc) is 2.85. The summed E-state index contributed by atoms with van der Waals surface area (Å²) >= 11 is 0. The molecule has 0 saturated heterocycles. The lowest BCUT2D eigenvalue weighted by molar-refractivity contribution is 0.0496. The van der Waals surface area contributed by atoms with Crippen molar-refractivity contribution >= 4 is 17.6 Å². The van der Waals surface area contributed by atoms with E-state index in [1.54, 1.807) is 12.1 Å². The molecule has 0 amide bonds. The maximum Gasteiger partial charge on any atom is 0.340 e. The number of rotatable bonds is 15. The lowest BCUT2D eigenvalue weighted by Crippen LogP contribution is -2.33. The van der Waals surface area contributed by atoms with Gasteiger partial charge < -0.3 is 15.2 Å². The smallest absolute Gasteiger partial charge is 0.340 e. The van der Waals surface area contributed by atoms with Crippen molar-refractivity contribution < 1.29 is 19.1 Å². The quantitative estimate of drug-likeness (QED) is 0.177. The highest BCUT2D eigenvalue weighted by atomic mass is 16.5. The number of unbranched alkanes of at least 4 members (excludes halogenated alkanes) is 6. The van der Waals surface area contributed by atoms with Crippen LogP contribution in [-0.4, -0.2) is 43.1 Å². The van der Waals surface area contributed by atoms with E-state index in [1.807, 2.05) is 0 Å². The Balaban J connectivity index is 2.15.